The summed E-state index contributed by atoms with van der Waals surface area (Å²) in [6.45, 7) is 9.04. The highest BCUT2D eigenvalue weighted by molar-refractivity contribution is 7.15. The van der Waals surface area contributed by atoms with Crippen LogP contribution in [0.4, 0.5) is 5.13 Å². The molecule has 0 amide bonds. The lowest BCUT2D eigenvalue weighted by atomic mass is 10.1. The molecule has 0 spiro atoms. The first-order valence-corrected chi connectivity index (χ1v) is 7.44. The Kier molecular flexibility index (Phi) is 4.59. The maximum absolute atomic E-state index is 9.40. The van der Waals surface area contributed by atoms with Gasteiger partial charge in [-0.3, -0.25) is 0 Å². The van der Waals surface area contributed by atoms with Crippen LogP contribution in [0.1, 0.15) is 43.7 Å². The van der Waals surface area contributed by atoms with Crippen LogP contribution in [-0.2, 0) is 11.3 Å². The summed E-state index contributed by atoms with van der Waals surface area (Å²) in [5.74, 6) is 0.361. The largest absolute Gasteiger partial charge is 0.391 e. The molecule has 2 rings (SSSR count). The number of aromatic nitrogens is 1. The van der Waals surface area contributed by atoms with Crippen molar-refractivity contribution in [3.63, 3.8) is 0 Å². The first-order valence-electron chi connectivity index (χ1n) is 6.62. The van der Waals surface area contributed by atoms with Gasteiger partial charge in [-0.05, 0) is 12.3 Å². The minimum Gasteiger partial charge on any atom is -0.391 e. The molecule has 1 unspecified atom stereocenters. The number of hydrogen-bond acceptors (Lipinski definition) is 5. The summed E-state index contributed by atoms with van der Waals surface area (Å²) in [5, 5.41) is 10.4. The zero-order valence-electron chi connectivity index (χ0n) is 11.3. The van der Waals surface area contributed by atoms with E-state index in [-0.39, 0.29) is 6.61 Å². The van der Waals surface area contributed by atoms with Gasteiger partial charge < -0.3 is 14.7 Å². The van der Waals surface area contributed by atoms with E-state index in [2.05, 4.69) is 25.7 Å². The zero-order chi connectivity index (χ0) is 13.1. The molecule has 2 heterocycles. The lowest BCUT2D eigenvalue weighted by Crippen LogP contribution is -2.42. The Morgan fingerprint density at radius 1 is 1.56 bits per heavy atom. The van der Waals surface area contributed by atoms with Crippen LogP contribution in [0.2, 0.25) is 0 Å². The topological polar surface area (TPSA) is 45.6 Å². The number of morpholine rings is 1. The molecule has 5 heteroatoms. The fraction of sp³-hybridized carbons (Fsp3) is 0.769. The molecule has 0 radical (unpaired) electrons. The van der Waals surface area contributed by atoms with Crippen molar-refractivity contribution in [2.75, 3.05) is 24.6 Å². The first-order chi connectivity index (χ1) is 8.65. The van der Waals surface area contributed by atoms with Crippen molar-refractivity contribution >= 4 is 16.5 Å². The first kappa shape index (κ1) is 13.8. The highest BCUT2D eigenvalue weighted by Gasteiger charge is 2.23. The summed E-state index contributed by atoms with van der Waals surface area (Å²) in [6.07, 6.45) is 1.34. The molecular formula is C13H22N2O2S. The molecule has 4 nitrogen and oxygen atoms in total. The summed E-state index contributed by atoms with van der Waals surface area (Å²) in [5.41, 5.74) is 1.04. The number of ether oxygens (including phenoxy) is 1. The summed E-state index contributed by atoms with van der Waals surface area (Å²) in [6, 6.07) is 0. The van der Waals surface area contributed by atoms with Crippen molar-refractivity contribution in [3.8, 4) is 0 Å². The number of rotatable bonds is 4. The monoisotopic (exact) mass is 270 g/mol. The number of hydrogen-bond donors (Lipinski definition) is 1. The third-order valence-corrected chi connectivity index (χ3v) is 4.39. The fourth-order valence-electron chi connectivity index (χ4n) is 2.19. The third-order valence-electron chi connectivity index (χ3n) is 3.27. The Morgan fingerprint density at radius 3 is 2.89 bits per heavy atom. The van der Waals surface area contributed by atoms with Gasteiger partial charge in [0.1, 0.15) is 0 Å². The van der Waals surface area contributed by atoms with Gasteiger partial charge in [0.05, 0.1) is 29.9 Å². The standard InChI is InChI=1S/C13H22N2O2S/c1-4-10-7-15(5-6-17-10)13-14-12(9(2)3)11(8-16)18-13/h9-10,16H,4-8H2,1-3H3. The number of aliphatic hydroxyl groups is 1. The lowest BCUT2D eigenvalue weighted by molar-refractivity contribution is 0.0384. The summed E-state index contributed by atoms with van der Waals surface area (Å²) in [4.78, 5) is 7.99. The molecule has 0 bridgehead atoms. The number of anilines is 1. The lowest BCUT2D eigenvalue weighted by Gasteiger charge is -2.32. The van der Waals surface area contributed by atoms with E-state index in [1.807, 2.05) is 0 Å². The van der Waals surface area contributed by atoms with Gasteiger partial charge in [-0.1, -0.05) is 32.1 Å². The molecule has 1 fully saturated rings. The number of aliphatic hydroxyl groups excluding tert-OH is 1. The smallest absolute Gasteiger partial charge is 0.186 e. The predicted octanol–water partition coefficient (Wildman–Crippen LogP) is 2.37. The van der Waals surface area contributed by atoms with E-state index in [4.69, 9.17) is 9.72 Å². The summed E-state index contributed by atoms with van der Waals surface area (Å²) in [7, 11) is 0. The molecule has 1 aromatic rings. The second-order valence-corrected chi connectivity index (χ2v) is 6.03. The van der Waals surface area contributed by atoms with Crippen LogP contribution in [0.25, 0.3) is 0 Å². The molecule has 1 atom stereocenters. The summed E-state index contributed by atoms with van der Waals surface area (Å²) >= 11 is 1.62. The van der Waals surface area contributed by atoms with E-state index in [0.29, 0.717) is 12.0 Å². The van der Waals surface area contributed by atoms with Crippen LogP contribution in [0.5, 0.6) is 0 Å². The second-order valence-electron chi connectivity index (χ2n) is 4.96. The van der Waals surface area contributed by atoms with E-state index in [9.17, 15) is 5.11 Å². The van der Waals surface area contributed by atoms with Crippen molar-refractivity contribution in [1.29, 1.82) is 0 Å². The number of thiazole rings is 1. The fourth-order valence-corrected chi connectivity index (χ4v) is 3.30. The SMILES string of the molecule is CCC1CN(c2nc(C(C)C)c(CO)s2)CCO1. The third kappa shape index (κ3) is 2.84. The maximum Gasteiger partial charge on any atom is 0.186 e. The quantitative estimate of drug-likeness (QED) is 0.912. The molecule has 0 aliphatic carbocycles. The van der Waals surface area contributed by atoms with Crippen molar-refractivity contribution < 1.29 is 9.84 Å². The van der Waals surface area contributed by atoms with Crippen LogP contribution in [0.15, 0.2) is 0 Å². The molecule has 1 aromatic heterocycles. The van der Waals surface area contributed by atoms with Crippen LogP contribution in [0, 0.1) is 0 Å². The van der Waals surface area contributed by atoms with E-state index < -0.39 is 0 Å². The molecule has 0 aromatic carbocycles. The second kappa shape index (κ2) is 5.99. The van der Waals surface area contributed by atoms with E-state index in [1.54, 1.807) is 11.3 Å². The Hall–Kier alpha value is -0.650. The zero-order valence-corrected chi connectivity index (χ0v) is 12.2. The van der Waals surface area contributed by atoms with Gasteiger partial charge in [0, 0.05) is 13.1 Å². The average molecular weight is 270 g/mol. The van der Waals surface area contributed by atoms with Gasteiger partial charge in [-0.15, -0.1) is 0 Å². The van der Waals surface area contributed by atoms with Gasteiger partial charge in [0.2, 0.25) is 0 Å². The molecule has 1 aliphatic rings. The van der Waals surface area contributed by atoms with Gasteiger partial charge in [0.15, 0.2) is 5.13 Å². The minimum absolute atomic E-state index is 0.0900. The van der Waals surface area contributed by atoms with Gasteiger partial charge >= 0.3 is 0 Å². The Bertz CT molecular complexity index is 392. The van der Waals surface area contributed by atoms with Gasteiger partial charge in [-0.2, -0.15) is 0 Å². The van der Waals surface area contributed by atoms with Crippen LogP contribution in [0.3, 0.4) is 0 Å². The van der Waals surface area contributed by atoms with Gasteiger partial charge in [-0.25, -0.2) is 4.98 Å². The molecular weight excluding hydrogens is 248 g/mol. The number of nitrogens with zero attached hydrogens (tertiary/aromatic N) is 2. The van der Waals surface area contributed by atoms with Crippen LogP contribution < -0.4 is 4.90 Å². The highest BCUT2D eigenvalue weighted by Crippen LogP contribution is 2.31. The van der Waals surface area contributed by atoms with Crippen molar-refractivity contribution in [2.45, 2.75) is 45.8 Å². The van der Waals surface area contributed by atoms with E-state index >= 15 is 0 Å². The normalized spacial score (nSPS) is 20.7. The Balaban J connectivity index is 2.17. The van der Waals surface area contributed by atoms with Gasteiger partial charge in [0.25, 0.3) is 0 Å². The van der Waals surface area contributed by atoms with Crippen molar-refractivity contribution in [1.82, 2.24) is 4.98 Å². The Morgan fingerprint density at radius 2 is 2.33 bits per heavy atom. The Labute approximate surface area is 113 Å². The molecule has 1 N–H and O–H groups in total. The molecule has 0 saturated carbocycles. The van der Waals surface area contributed by atoms with E-state index in [1.165, 1.54) is 0 Å². The maximum atomic E-state index is 9.40. The van der Waals surface area contributed by atoms with Crippen molar-refractivity contribution in [3.05, 3.63) is 10.6 Å². The van der Waals surface area contributed by atoms with Crippen LogP contribution >= 0.6 is 11.3 Å². The van der Waals surface area contributed by atoms with Crippen molar-refractivity contribution in [2.24, 2.45) is 0 Å². The molecule has 102 valence electrons. The molecule has 1 saturated heterocycles. The minimum atomic E-state index is 0.0900. The summed E-state index contributed by atoms with van der Waals surface area (Å²) < 4.78 is 5.68. The van der Waals surface area contributed by atoms with E-state index in [0.717, 1.165) is 41.8 Å². The predicted molar refractivity (Wildman–Crippen MR) is 74.4 cm³/mol. The molecule has 18 heavy (non-hydrogen) atoms. The molecule has 1 aliphatic heterocycles. The average Bonchev–Trinajstić information content (AvgIpc) is 2.83. The highest BCUT2D eigenvalue weighted by atomic mass is 32.1. The van der Waals surface area contributed by atoms with Crippen LogP contribution in [-0.4, -0.2) is 35.9 Å².